The second-order valence-electron chi connectivity index (χ2n) is 4.65. The van der Waals surface area contributed by atoms with Crippen LogP contribution in [0.3, 0.4) is 0 Å². The molecule has 2 heteroatoms. The summed E-state index contributed by atoms with van der Waals surface area (Å²) in [5.74, 6) is 1.10. The molecule has 0 amide bonds. The highest BCUT2D eigenvalue weighted by Gasteiger charge is 2.48. The summed E-state index contributed by atoms with van der Waals surface area (Å²) >= 11 is 0. The maximum Gasteiger partial charge on any atom is 0.136 e. The van der Waals surface area contributed by atoms with E-state index in [2.05, 4.69) is 6.92 Å². The Morgan fingerprint density at radius 1 is 1.67 bits per heavy atom. The van der Waals surface area contributed by atoms with E-state index in [1.807, 2.05) is 0 Å². The van der Waals surface area contributed by atoms with Gasteiger partial charge in [0.05, 0.1) is 0 Å². The Bertz CT molecular complexity index is 212. The first-order valence-corrected chi connectivity index (χ1v) is 4.79. The fraction of sp³-hybridized carbons (Fsp3) is 0.900. The summed E-state index contributed by atoms with van der Waals surface area (Å²) < 4.78 is 0. The fourth-order valence-electron chi connectivity index (χ4n) is 2.82. The molecule has 3 rings (SSSR count). The van der Waals surface area contributed by atoms with Gasteiger partial charge in [0.25, 0.3) is 0 Å². The van der Waals surface area contributed by atoms with Crippen LogP contribution in [-0.4, -0.2) is 17.5 Å². The number of rotatable bonds is 1. The largest absolute Gasteiger partial charge is 0.396 e. The van der Waals surface area contributed by atoms with Crippen LogP contribution >= 0.6 is 0 Å². The Labute approximate surface area is 73.0 Å². The average molecular weight is 168 g/mol. The van der Waals surface area contributed by atoms with Crippen molar-refractivity contribution >= 4 is 5.78 Å². The number of Topliss-reactive ketones (excluding diaryl/α,β-unsaturated/α-hetero) is 1. The van der Waals surface area contributed by atoms with Crippen LogP contribution < -0.4 is 0 Å². The van der Waals surface area contributed by atoms with Crippen molar-refractivity contribution < 1.29 is 9.90 Å². The van der Waals surface area contributed by atoms with Gasteiger partial charge in [-0.05, 0) is 30.6 Å². The minimum Gasteiger partial charge on any atom is -0.396 e. The molecule has 0 aromatic rings. The SMILES string of the molecule is CC12CCC(CC1CO)C(=O)C2. The van der Waals surface area contributed by atoms with Crippen LogP contribution in [0.2, 0.25) is 0 Å². The van der Waals surface area contributed by atoms with E-state index < -0.39 is 0 Å². The molecule has 12 heavy (non-hydrogen) atoms. The second-order valence-corrected chi connectivity index (χ2v) is 4.65. The third kappa shape index (κ3) is 1.01. The Morgan fingerprint density at radius 2 is 2.42 bits per heavy atom. The Balaban J connectivity index is 2.22. The summed E-state index contributed by atoms with van der Waals surface area (Å²) in [7, 11) is 0. The van der Waals surface area contributed by atoms with Gasteiger partial charge in [-0.15, -0.1) is 0 Å². The molecule has 0 saturated heterocycles. The number of carbonyl (C=O) groups is 1. The topological polar surface area (TPSA) is 37.3 Å². The van der Waals surface area contributed by atoms with Crippen molar-refractivity contribution in [1.29, 1.82) is 0 Å². The first kappa shape index (κ1) is 8.24. The lowest BCUT2D eigenvalue weighted by Crippen LogP contribution is -2.46. The highest BCUT2D eigenvalue weighted by atomic mass is 16.3. The molecule has 2 nitrogen and oxygen atoms in total. The van der Waals surface area contributed by atoms with Crippen LogP contribution in [0, 0.1) is 17.3 Å². The molecule has 0 heterocycles. The van der Waals surface area contributed by atoms with Crippen molar-refractivity contribution in [2.45, 2.75) is 32.6 Å². The van der Waals surface area contributed by atoms with Crippen LogP contribution in [0.1, 0.15) is 32.6 Å². The molecule has 3 atom stereocenters. The van der Waals surface area contributed by atoms with E-state index in [1.54, 1.807) is 0 Å². The fourth-order valence-corrected chi connectivity index (χ4v) is 2.82. The zero-order chi connectivity index (χ0) is 8.77. The van der Waals surface area contributed by atoms with Crippen molar-refractivity contribution in [2.75, 3.05) is 6.61 Å². The molecule has 68 valence electrons. The summed E-state index contributed by atoms with van der Waals surface area (Å²) in [6.45, 7) is 2.42. The number of hydrogen-bond acceptors (Lipinski definition) is 2. The van der Waals surface area contributed by atoms with Crippen LogP contribution in [0.25, 0.3) is 0 Å². The zero-order valence-electron chi connectivity index (χ0n) is 7.55. The van der Waals surface area contributed by atoms with Gasteiger partial charge in [0, 0.05) is 18.9 Å². The molecular weight excluding hydrogens is 152 g/mol. The third-order valence-corrected chi connectivity index (χ3v) is 3.87. The molecule has 3 saturated carbocycles. The van der Waals surface area contributed by atoms with Gasteiger partial charge in [0.1, 0.15) is 5.78 Å². The predicted molar refractivity (Wildman–Crippen MR) is 45.6 cm³/mol. The molecule has 3 aliphatic rings. The van der Waals surface area contributed by atoms with Crippen LogP contribution in [-0.2, 0) is 4.79 Å². The molecule has 0 aromatic heterocycles. The molecule has 3 fully saturated rings. The lowest BCUT2D eigenvalue weighted by Gasteiger charge is -2.48. The van der Waals surface area contributed by atoms with E-state index in [0.29, 0.717) is 18.1 Å². The summed E-state index contributed by atoms with van der Waals surface area (Å²) in [4.78, 5) is 11.4. The van der Waals surface area contributed by atoms with Gasteiger partial charge in [0.15, 0.2) is 0 Å². The quantitative estimate of drug-likeness (QED) is 0.642. The van der Waals surface area contributed by atoms with E-state index in [9.17, 15) is 4.79 Å². The van der Waals surface area contributed by atoms with Crippen LogP contribution in [0.4, 0.5) is 0 Å². The van der Waals surface area contributed by atoms with E-state index >= 15 is 0 Å². The maximum absolute atomic E-state index is 11.4. The van der Waals surface area contributed by atoms with Crippen molar-refractivity contribution in [1.82, 2.24) is 0 Å². The Kier molecular flexibility index (Phi) is 1.76. The van der Waals surface area contributed by atoms with E-state index in [1.165, 1.54) is 0 Å². The third-order valence-electron chi connectivity index (χ3n) is 3.87. The van der Waals surface area contributed by atoms with Gasteiger partial charge in [-0.2, -0.15) is 0 Å². The number of carbonyl (C=O) groups excluding carboxylic acids is 1. The van der Waals surface area contributed by atoms with Gasteiger partial charge in [-0.25, -0.2) is 0 Å². The maximum atomic E-state index is 11.4. The first-order valence-electron chi connectivity index (χ1n) is 4.79. The normalized spacial score (nSPS) is 46.7. The van der Waals surface area contributed by atoms with Crippen molar-refractivity contribution in [3.8, 4) is 0 Å². The second kappa shape index (κ2) is 2.56. The monoisotopic (exact) mass is 168 g/mol. The van der Waals surface area contributed by atoms with Crippen LogP contribution in [0.15, 0.2) is 0 Å². The van der Waals surface area contributed by atoms with Gasteiger partial charge in [-0.1, -0.05) is 6.92 Å². The molecule has 0 radical (unpaired) electrons. The molecule has 3 unspecified atom stereocenters. The first-order chi connectivity index (χ1) is 5.65. The van der Waals surface area contributed by atoms with Crippen molar-refractivity contribution in [3.63, 3.8) is 0 Å². The van der Waals surface area contributed by atoms with Gasteiger partial charge in [-0.3, -0.25) is 4.79 Å². The molecular formula is C10H16O2. The molecule has 0 aliphatic heterocycles. The highest BCUT2D eigenvalue weighted by molar-refractivity contribution is 5.83. The molecule has 0 aromatic carbocycles. The van der Waals surface area contributed by atoms with E-state index in [-0.39, 0.29) is 17.9 Å². The van der Waals surface area contributed by atoms with Gasteiger partial charge >= 0.3 is 0 Å². The number of aliphatic hydroxyl groups excluding tert-OH is 1. The van der Waals surface area contributed by atoms with Crippen molar-refractivity contribution in [2.24, 2.45) is 17.3 Å². The zero-order valence-corrected chi connectivity index (χ0v) is 7.55. The lowest BCUT2D eigenvalue weighted by atomic mass is 9.56. The summed E-state index contributed by atoms with van der Waals surface area (Å²) in [6, 6.07) is 0. The number of ketones is 1. The number of fused-ring (bicyclic) bond motifs is 3. The highest BCUT2D eigenvalue weighted by Crippen LogP contribution is 2.51. The van der Waals surface area contributed by atoms with Crippen molar-refractivity contribution in [3.05, 3.63) is 0 Å². The number of hydrogen-bond donors (Lipinski definition) is 1. The smallest absolute Gasteiger partial charge is 0.136 e. The summed E-state index contributed by atoms with van der Waals surface area (Å²) in [5.41, 5.74) is 0.126. The van der Waals surface area contributed by atoms with Gasteiger partial charge in [0.2, 0.25) is 0 Å². The average Bonchev–Trinajstić information content (AvgIpc) is 2.03. The number of aliphatic hydroxyl groups is 1. The van der Waals surface area contributed by atoms with Gasteiger partial charge < -0.3 is 5.11 Å². The predicted octanol–water partition coefficient (Wildman–Crippen LogP) is 1.37. The Morgan fingerprint density at radius 3 is 2.92 bits per heavy atom. The van der Waals surface area contributed by atoms with E-state index in [4.69, 9.17) is 5.11 Å². The molecule has 0 spiro atoms. The summed E-state index contributed by atoms with van der Waals surface area (Å²) in [5, 5.41) is 9.15. The minimum atomic E-state index is 0.126. The molecule has 1 N–H and O–H groups in total. The summed E-state index contributed by atoms with van der Waals surface area (Å²) in [6.07, 6.45) is 3.84. The lowest BCUT2D eigenvalue weighted by molar-refractivity contribution is -0.138. The van der Waals surface area contributed by atoms with Crippen LogP contribution in [0.5, 0.6) is 0 Å². The Hall–Kier alpha value is -0.370. The molecule has 2 bridgehead atoms. The molecule has 3 aliphatic carbocycles. The minimum absolute atomic E-state index is 0.126. The van der Waals surface area contributed by atoms with E-state index in [0.717, 1.165) is 19.3 Å². The standard InChI is InChI=1S/C10H16O2/c1-10-3-2-7(9(12)5-10)4-8(10)6-11/h7-8,11H,2-6H2,1H3.